The summed E-state index contributed by atoms with van der Waals surface area (Å²) in [5, 5.41) is 9.07. The van der Waals surface area contributed by atoms with Gasteiger partial charge in [0.1, 0.15) is 5.75 Å². The molecule has 0 amide bonds. The van der Waals surface area contributed by atoms with E-state index < -0.39 is 0 Å². The second-order valence-electron chi connectivity index (χ2n) is 3.05. The number of Topliss-reactive ketones (excluding diaryl/α,β-unsaturated/α-hetero) is 1. The number of carbonyl (C=O) groups excluding carboxylic acids is 1. The van der Waals surface area contributed by atoms with Crippen LogP contribution < -0.4 is 4.74 Å². The van der Waals surface area contributed by atoms with E-state index in [9.17, 15) is 4.79 Å². The first-order chi connectivity index (χ1) is 7.60. The van der Waals surface area contributed by atoms with E-state index in [-0.39, 0.29) is 23.6 Å². The smallest absolute Gasteiger partial charge is 0.167 e. The highest BCUT2D eigenvalue weighted by Gasteiger charge is 2.16. The number of methoxy groups -OCH3 is 1. The maximum Gasteiger partial charge on any atom is 0.167 e. The van der Waals surface area contributed by atoms with Crippen LogP contribution in [0.15, 0.2) is 12.1 Å². The van der Waals surface area contributed by atoms with E-state index in [1.165, 1.54) is 19.2 Å². The number of hydrogen-bond donors (Lipinski definition) is 0. The average Bonchev–Trinajstić information content (AvgIpc) is 2.24. The van der Waals surface area contributed by atoms with Gasteiger partial charge in [-0.2, -0.15) is 5.26 Å². The molecule has 1 aromatic rings. The molecule has 1 aromatic carbocycles. The number of ether oxygens (including phenoxy) is 1. The summed E-state index contributed by atoms with van der Waals surface area (Å²) in [7, 11) is 1.43. The van der Waals surface area contributed by atoms with Gasteiger partial charge in [-0.25, -0.2) is 0 Å². The van der Waals surface area contributed by atoms with Crippen molar-refractivity contribution < 1.29 is 9.53 Å². The molecule has 3 nitrogen and oxygen atoms in total. The maximum absolute atomic E-state index is 11.7. The molecule has 0 N–H and O–H groups in total. The average molecular weight is 258 g/mol. The molecule has 0 saturated carbocycles. The fourth-order valence-electron chi connectivity index (χ4n) is 1.28. The van der Waals surface area contributed by atoms with Gasteiger partial charge in [0.2, 0.25) is 0 Å². The van der Waals surface area contributed by atoms with Crippen LogP contribution in [0, 0.1) is 11.3 Å². The molecule has 0 radical (unpaired) electrons. The predicted molar refractivity (Wildman–Crippen MR) is 62.2 cm³/mol. The third-order valence-electron chi connectivity index (χ3n) is 1.98. The Hall–Kier alpha value is -1.24. The van der Waals surface area contributed by atoms with Gasteiger partial charge in [0.15, 0.2) is 5.78 Å². The topological polar surface area (TPSA) is 50.1 Å². The third kappa shape index (κ3) is 2.88. The summed E-state index contributed by atoms with van der Waals surface area (Å²) < 4.78 is 5.04. The minimum absolute atomic E-state index is 0.129. The molecule has 0 aliphatic rings. The molecule has 0 spiro atoms. The zero-order valence-corrected chi connectivity index (χ0v) is 10.1. The Morgan fingerprint density at radius 1 is 1.50 bits per heavy atom. The van der Waals surface area contributed by atoms with Gasteiger partial charge in [-0.05, 0) is 12.1 Å². The molecule has 0 fully saturated rings. The number of ketones is 1. The summed E-state index contributed by atoms with van der Waals surface area (Å²) in [6.07, 6.45) is 0.287. The van der Waals surface area contributed by atoms with Crippen LogP contribution >= 0.6 is 23.2 Å². The van der Waals surface area contributed by atoms with E-state index >= 15 is 0 Å². The highest BCUT2D eigenvalue weighted by Crippen LogP contribution is 2.32. The van der Waals surface area contributed by atoms with Crippen LogP contribution in [-0.2, 0) is 0 Å². The lowest BCUT2D eigenvalue weighted by atomic mass is 10.1. The molecule has 0 aliphatic heterocycles. The predicted octanol–water partition coefficient (Wildman–Crippen LogP) is 3.49. The van der Waals surface area contributed by atoms with Crippen LogP contribution in [0.3, 0.4) is 0 Å². The van der Waals surface area contributed by atoms with E-state index in [4.69, 9.17) is 33.2 Å². The molecule has 84 valence electrons. The van der Waals surface area contributed by atoms with Crippen molar-refractivity contribution in [3.8, 4) is 11.8 Å². The van der Waals surface area contributed by atoms with Crippen molar-refractivity contribution >= 4 is 29.0 Å². The normalized spacial score (nSPS) is 9.62. The maximum atomic E-state index is 11.7. The Labute approximate surface area is 104 Å². The first-order valence-corrected chi connectivity index (χ1v) is 5.29. The van der Waals surface area contributed by atoms with Gasteiger partial charge >= 0.3 is 0 Å². The summed E-state index contributed by atoms with van der Waals surface area (Å²) in [6, 6.07) is 4.90. The van der Waals surface area contributed by atoms with Crippen molar-refractivity contribution in [3.05, 3.63) is 27.7 Å². The van der Waals surface area contributed by atoms with Crippen molar-refractivity contribution in [2.75, 3.05) is 7.11 Å². The molecule has 0 aromatic heterocycles. The van der Waals surface area contributed by atoms with Crippen molar-refractivity contribution in [2.45, 2.75) is 12.8 Å². The van der Waals surface area contributed by atoms with Gasteiger partial charge in [0.25, 0.3) is 0 Å². The lowest BCUT2D eigenvalue weighted by Crippen LogP contribution is -2.02. The zero-order valence-electron chi connectivity index (χ0n) is 8.59. The highest BCUT2D eigenvalue weighted by atomic mass is 35.5. The van der Waals surface area contributed by atoms with Gasteiger partial charge in [-0.1, -0.05) is 23.2 Å². The number of hydrogen-bond acceptors (Lipinski definition) is 3. The number of rotatable bonds is 4. The molecule has 0 atom stereocenters. The standard InChI is InChI=1S/C11H9Cl2NO2/c1-16-11-8(10(15)3-2-4-14)5-7(12)6-9(11)13/h5-6H,2-3H2,1H3. The van der Waals surface area contributed by atoms with Gasteiger partial charge < -0.3 is 4.74 Å². The second kappa shape index (κ2) is 5.74. The molecule has 0 saturated heterocycles. The molecule has 0 bridgehead atoms. The van der Waals surface area contributed by atoms with Crippen molar-refractivity contribution in [3.63, 3.8) is 0 Å². The minimum atomic E-state index is -0.206. The Kier molecular flexibility index (Phi) is 4.60. The zero-order chi connectivity index (χ0) is 12.1. The minimum Gasteiger partial charge on any atom is -0.494 e. The molecule has 16 heavy (non-hydrogen) atoms. The first kappa shape index (κ1) is 12.8. The van der Waals surface area contributed by atoms with E-state index in [1.54, 1.807) is 0 Å². The molecule has 5 heteroatoms. The lowest BCUT2D eigenvalue weighted by Gasteiger charge is -2.09. The lowest BCUT2D eigenvalue weighted by molar-refractivity contribution is 0.0981. The van der Waals surface area contributed by atoms with E-state index in [0.717, 1.165) is 0 Å². The summed E-state index contributed by atoms with van der Waals surface area (Å²) in [6.45, 7) is 0. The molecule has 0 heterocycles. The van der Waals surface area contributed by atoms with Crippen LogP contribution in [0.2, 0.25) is 10.0 Å². The molecular formula is C11H9Cl2NO2. The van der Waals surface area contributed by atoms with Crippen LogP contribution in [0.5, 0.6) is 5.75 Å². The van der Waals surface area contributed by atoms with Gasteiger partial charge in [0, 0.05) is 17.9 Å². The molecule has 1 rings (SSSR count). The van der Waals surface area contributed by atoms with E-state index in [2.05, 4.69) is 0 Å². The van der Waals surface area contributed by atoms with E-state index in [0.29, 0.717) is 16.3 Å². The third-order valence-corrected chi connectivity index (χ3v) is 2.48. The van der Waals surface area contributed by atoms with Gasteiger partial charge in [-0.3, -0.25) is 4.79 Å². The number of nitrogens with zero attached hydrogens (tertiary/aromatic N) is 1. The van der Waals surface area contributed by atoms with Crippen molar-refractivity contribution in [2.24, 2.45) is 0 Å². The summed E-state index contributed by atoms with van der Waals surface area (Å²) >= 11 is 11.7. The van der Waals surface area contributed by atoms with Crippen LogP contribution in [-0.4, -0.2) is 12.9 Å². The number of benzene rings is 1. The fraction of sp³-hybridized carbons (Fsp3) is 0.273. The number of halogens is 2. The van der Waals surface area contributed by atoms with Crippen LogP contribution in [0.1, 0.15) is 23.2 Å². The summed E-state index contributed by atoms with van der Waals surface area (Å²) in [5.41, 5.74) is 0.315. The SMILES string of the molecule is COc1c(Cl)cc(Cl)cc1C(=O)CCC#N. The molecular weight excluding hydrogens is 249 g/mol. The Balaban J connectivity index is 3.11. The Morgan fingerprint density at radius 2 is 2.19 bits per heavy atom. The fourth-order valence-corrected chi connectivity index (χ4v) is 1.85. The Morgan fingerprint density at radius 3 is 2.75 bits per heavy atom. The largest absolute Gasteiger partial charge is 0.494 e. The Bertz CT molecular complexity index is 452. The summed E-state index contributed by atoms with van der Waals surface area (Å²) in [4.78, 5) is 11.7. The second-order valence-corrected chi connectivity index (χ2v) is 3.89. The quantitative estimate of drug-likeness (QED) is 0.776. The molecule has 0 aliphatic carbocycles. The number of carbonyl (C=O) groups is 1. The highest BCUT2D eigenvalue weighted by molar-refractivity contribution is 6.36. The summed E-state index contributed by atoms with van der Waals surface area (Å²) in [5.74, 6) is 0.0943. The van der Waals surface area contributed by atoms with Crippen molar-refractivity contribution in [1.82, 2.24) is 0 Å². The monoisotopic (exact) mass is 257 g/mol. The molecule has 0 unspecified atom stereocenters. The van der Waals surface area contributed by atoms with Crippen LogP contribution in [0.4, 0.5) is 0 Å². The first-order valence-electron chi connectivity index (χ1n) is 4.53. The van der Waals surface area contributed by atoms with E-state index in [1.807, 2.05) is 6.07 Å². The van der Waals surface area contributed by atoms with Crippen molar-refractivity contribution in [1.29, 1.82) is 5.26 Å². The van der Waals surface area contributed by atoms with Crippen LogP contribution in [0.25, 0.3) is 0 Å². The number of nitriles is 1. The van der Waals surface area contributed by atoms with Gasteiger partial charge in [-0.15, -0.1) is 0 Å². The van der Waals surface area contributed by atoms with Gasteiger partial charge in [0.05, 0.1) is 23.8 Å².